The van der Waals surface area contributed by atoms with Crippen LogP contribution in [0.1, 0.15) is 39.5 Å². The molecular weight excluding hydrogens is 324 g/mol. The Labute approximate surface area is 149 Å². The van der Waals surface area contributed by atoms with Gasteiger partial charge in [-0.2, -0.15) is 0 Å². The van der Waals surface area contributed by atoms with Gasteiger partial charge in [0.05, 0.1) is 31.4 Å². The summed E-state index contributed by atoms with van der Waals surface area (Å²) in [6.45, 7) is 7.45. The van der Waals surface area contributed by atoms with Gasteiger partial charge in [-0.25, -0.2) is 0 Å². The molecule has 1 aliphatic rings. The van der Waals surface area contributed by atoms with E-state index in [1.165, 1.54) is 0 Å². The van der Waals surface area contributed by atoms with Crippen molar-refractivity contribution in [2.24, 2.45) is 0 Å². The van der Waals surface area contributed by atoms with Crippen LogP contribution in [0.5, 0.6) is 11.5 Å². The minimum atomic E-state index is -0.362. The fourth-order valence-electron chi connectivity index (χ4n) is 2.70. The SMILES string of the molecule is CCCCOc1ccc(OCCCC)c([N+](=O)[O-])c1N1CCOCC1. The average molecular weight is 352 g/mol. The molecule has 0 spiro atoms. The van der Waals surface area contributed by atoms with E-state index >= 15 is 0 Å². The Balaban J connectivity index is 2.37. The molecule has 0 unspecified atom stereocenters. The number of benzene rings is 1. The number of hydrogen-bond donors (Lipinski definition) is 0. The van der Waals surface area contributed by atoms with Gasteiger partial charge in [-0.3, -0.25) is 10.1 Å². The molecule has 1 aliphatic heterocycles. The maximum Gasteiger partial charge on any atom is 0.337 e. The van der Waals surface area contributed by atoms with Crippen molar-refractivity contribution < 1.29 is 19.1 Å². The lowest BCUT2D eigenvalue weighted by Crippen LogP contribution is -2.37. The highest BCUT2D eigenvalue weighted by atomic mass is 16.6. The second-order valence-corrected chi connectivity index (χ2v) is 6.02. The number of morpholine rings is 1. The third kappa shape index (κ3) is 5.22. The zero-order valence-electron chi connectivity index (χ0n) is 15.2. The van der Waals surface area contributed by atoms with Crippen molar-refractivity contribution in [2.45, 2.75) is 39.5 Å². The van der Waals surface area contributed by atoms with E-state index < -0.39 is 0 Å². The molecule has 25 heavy (non-hydrogen) atoms. The third-order valence-corrected chi connectivity index (χ3v) is 4.10. The second kappa shape index (κ2) is 10.1. The summed E-state index contributed by atoms with van der Waals surface area (Å²) in [6, 6.07) is 3.44. The molecule has 1 aromatic rings. The van der Waals surface area contributed by atoms with Gasteiger partial charge in [-0.1, -0.05) is 26.7 Å². The average Bonchev–Trinajstić information content (AvgIpc) is 2.63. The number of anilines is 1. The van der Waals surface area contributed by atoms with E-state index in [0.717, 1.165) is 25.7 Å². The standard InChI is InChI=1S/C18H28N2O5/c1-3-5-11-24-15-7-8-16(25-12-6-4-2)18(20(21)22)17(15)19-9-13-23-14-10-19/h7-8H,3-6,9-14H2,1-2H3. The highest BCUT2D eigenvalue weighted by Crippen LogP contribution is 2.44. The van der Waals surface area contributed by atoms with Crippen molar-refractivity contribution in [3.05, 3.63) is 22.2 Å². The normalized spacial score (nSPS) is 14.4. The summed E-state index contributed by atoms with van der Waals surface area (Å²) in [6.07, 6.45) is 3.75. The molecule has 0 amide bonds. The summed E-state index contributed by atoms with van der Waals surface area (Å²) < 4.78 is 16.9. The topological polar surface area (TPSA) is 74.1 Å². The van der Waals surface area contributed by atoms with Crippen LogP contribution >= 0.6 is 0 Å². The smallest absolute Gasteiger partial charge is 0.337 e. The van der Waals surface area contributed by atoms with E-state index in [4.69, 9.17) is 14.2 Å². The molecule has 7 nitrogen and oxygen atoms in total. The first-order valence-corrected chi connectivity index (χ1v) is 9.08. The van der Waals surface area contributed by atoms with E-state index in [9.17, 15) is 10.1 Å². The lowest BCUT2D eigenvalue weighted by Gasteiger charge is -2.30. The molecule has 0 radical (unpaired) electrons. The van der Waals surface area contributed by atoms with Crippen LogP contribution in [-0.2, 0) is 4.74 Å². The summed E-state index contributed by atoms with van der Waals surface area (Å²) in [5.41, 5.74) is 0.505. The van der Waals surface area contributed by atoms with E-state index in [2.05, 4.69) is 13.8 Å². The van der Waals surface area contributed by atoms with Gasteiger partial charge in [0.25, 0.3) is 0 Å². The Kier molecular flexibility index (Phi) is 7.78. The first kappa shape index (κ1) is 19.3. The maximum absolute atomic E-state index is 11.8. The number of nitrogens with zero attached hydrogens (tertiary/aromatic N) is 2. The van der Waals surface area contributed by atoms with Crippen molar-refractivity contribution in [3.8, 4) is 11.5 Å². The lowest BCUT2D eigenvalue weighted by atomic mass is 10.2. The molecule has 0 saturated carbocycles. The lowest BCUT2D eigenvalue weighted by molar-refractivity contribution is -0.385. The molecule has 7 heteroatoms. The van der Waals surface area contributed by atoms with Gasteiger partial charge >= 0.3 is 5.69 Å². The number of unbranched alkanes of at least 4 members (excludes halogenated alkanes) is 2. The van der Waals surface area contributed by atoms with Crippen LogP contribution in [0.3, 0.4) is 0 Å². The predicted molar refractivity (Wildman–Crippen MR) is 96.9 cm³/mol. The van der Waals surface area contributed by atoms with Gasteiger partial charge in [-0.05, 0) is 25.0 Å². The minimum absolute atomic E-state index is 0.00741. The van der Waals surface area contributed by atoms with Crippen LogP contribution < -0.4 is 14.4 Å². The molecule has 1 saturated heterocycles. The maximum atomic E-state index is 11.8. The van der Waals surface area contributed by atoms with Crippen molar-refractivity contribution >= 4 is 11.4 Å². The number of ether oxygens (including phenoxy) is 3. The predicted octanol–water partition coefficient (Wildman–Crippen LogP) is 3.79. The van der Waals surface area contributed by atoms with E-state index in [1.54, 1.807) is 12.1 Å². The highest BCUT2D eigenvalue weighted by Gasteiger charge is 2.30. The minimum Gasteiger partial charge on any atom is -0.491 e. The van der Waals surface area contributed by atoms with Crippen molar-refractivity contribution in [1.29, 1.82) is 0 Å². The summed E-state index contributed by atoms with van der Waals surface area (Å²) >= 11 is 0. The zero-order valence-corrected chi connectivity index (χ0v) is 15.2. The Hall–Kier alpha value is -2.02. The quantitative estimate of drug-likeness (QED) is 0.362. The van der Waals surface area contributed by atoms with E-state index in [-0.39, 0.29) is 10.6 Å². The molecule has 1 heterocycles. The molecule has 0 N–H and O–H groups in total. The molecule has 2 rings (SSSR count). The number of nitro groups is 1. The molecule has 140 valence electrons. The molecular formula is C18H28N2O5. The van der Waals surface area contributed by atoms with Gasteiger partial charge in [0.2, 0.25) is 0 Å². The van der Waals surface area contributed by atoms with Crippen molar-refractivity contribution in [2.75, 3.05) is 44.4 Å². The summed E-state index contributed by atoms with van der Waals surface area (Å²) in [4.78, 5) is 13.4. The number of nitro benzene ring substituents is 1. The number of rotatable bonds is 10. The molecule has 0 bridgehead atoms. The monoisotopic (exact) mass is 352 g/mol. The van der Waals surface area contributed by atoms with Crippen LogP contribution in [0.4, 0.5) is 11.4 Å². The van der Waals surface area contributed by atoms with Crippen LogP contribution in [0, 0.1) is 10.1 Å². The first-order valence-electron chi connectivity index (χ1n) is 9.08. The van der Waals surface area contributed by atoms with E-state index in [0.29, 0.717) is 56.7 Å². The molecule has 0 aliphatic carbocycles. The van der Waals surface area contributed by atoms with E-state index in [1.807, 2.05) is 4.90 Å². The summed E-state index contributed by atoms with van der Waals surface area (Å²) in [5, 5.41) is 11.8. The highest BCUT2D eigenvalue weighted by molar-refractivity contribution is 5.77. The molecule has 1 aromatic carbocycles. The van der Waals surface area contributed by atoms with Gasteiger partial charge in [0.15, 0.2) is 11.4 Å². The van der Waals surface area contributed by atoms with Gasteiger partial charge < -0.3 is 19.1 Å². The van der Waals surface area contributed by atoms with Gasteiger partial charge in [0, 0.05) is 13.1 Å². The van der Waals surface area contributed by atoms with Crippen molar-refractivity contribution in [1.82, 2.24) is 0 Å². The second-order valence-electron chi connectivity index (χ2n) is 6.02. The first-order chi connectivity index (χ1) is 12.2. The Morgan fingerprint density at radius 2 is 1.64 bits per heavy atom. The Morgan fingerprint density at radius 1 is 1.08 bits per heavy atom. The summed E-state index contributed by atoms with van der Waals surface area (Å²) in [5.74, 6) is 0.854. The zero-order chi connectivity index (χ0) is 18.1. The van der Waals surface area contributed by atoms with Crippen LogP contribution in [-0.4, -0.2) is 44.4 Å². The van der Waals surface area contributed by atoms with Gasteiger partial charge in [0.1, 0.15) is 5.75 Å². The Morgan fingerprint density at radius 3 is 2.20 bits per heavy atom. The number of hydrogen-bond acceptors (Lipinski definition) is 6. The van der Waals surface area contributed by atoms with Gasteiger partial charge in [-0.15, -0.1) is 0 Å². The fraction of sp³-hybridized carbons (Fsp3) is 0.667. The van der Waals surface area contributed by atoms with Crippen LogP contribution in [0.15, 0.2) is 12.1 Å². The molecule has 0 aromatic heterocycles. The fourth-order valence-corrected chi connectivity index (χ4v) is 2.70. The van der Waals surface area contributed by atoms with Crippen LogP contribution in [0.25, 0.3) is 0 Å². The van der Waals surface area contributed by atoms with Crippen molar-refractivity contribution in [3.63, 3.8) is 0 Å². The van der Waals surface area contributed by atoms with Crippen LogP contribution in [0.2, 0.25) is 0 Å². The molecule has 0 atom stereocenters. The summed E-state index contributed by atoms with van der Waals surface area (Å²) in [7, 11) is 0. The third-order valence-electron chi connectivity index (χ3n) is 4.10. The largest absolute Gasteiger partial charge is 0.491 e. The molecule has 1 fully saturated rings. The Bertz CT molecular complexity index is 559.